The van der Waals surface area contributed by atoms with Crippen molar-refractivity contribution in [2.45, 2.75) is 19.3 Å². The van der Waals surface area contributed by atoms with Gasteiger partial charge in [-0.1, -0.05) is 30.3 Å². The van der Waals surface area contributed by atoms with Crippen molar-refractivity contribution in [3.63, 3.8) is 0 Å². The summed E-state index contributed by atoms with van der Waals surface area (Å²) in [5.41, 5.74) is 2.56. The molecule has 26 heavy (non-hydrogen) atoms. The van der Waals surface area contributed by atoms with Crippen molar-refractivity contribution in [2.24, 2.45) is 0 Å². The molecule has 0 radical (unpaired) electrons. The third-order valence-corrected chi connectivity index (χ3v) is 4.75. The van der Waals surface area contributed by atoms with Gasteiger partial charge in [-0.3, -0.25) is 4.79 Å². The van der Waals surface area contributed by atoms with Crippen LogP contribution in [-0.4, -0.2) is 22.7 Å². The lowest BCUT2D eigenvalue weighted by Gasteiger charge is -2.14. The number of carbonyl (C=O) groups is 2. The van der Waals surface area contributed by atoms with Gasteiger partial charge >= 0.3 is 5.97 Å². The van der Waals surface area contributed by atoms with Gasteiger partial charge in [0, 0.05) is 17.7 Å². The largest absolute Gasteiger partial charge is 0.478 e. The van der Waals surface area contributed by atoms with E-state index in [2.05, 4.69) is 5.32 Å². The smallest absolute Gasteiger partial charge is 0.337 e. The van der Waals surface area contributed by atoms with Crippen LogP contribution in [0.2, 0.25) is 0 Å². The second-order valence-corrected chi connectivity index (χ2v) is 6.73. The van der Waals surface area contributed by atoms with Crippen LogP contribution in [0, 0.1) is 0 Å². The molecule has 0 saturated heterocycles. The number of rotatable bonds is 6. The summed E-state index contributed by atoms with van der Waals surface area (Å²) in [7, 11) is 0. The van der Waals surface area contributed by atoms with Crippen LogP contribution < -0.4 is 5.32 Å². The average molecular weight is 369 g/mol. The zero-order chi connectivity index (χ0) is 18.4. The molecule has 2 N–H and O–H groups in total. The average Bonchev–Trinajstić information content (AvgIpc) is 2.68. The second kappa shape index (κ2) is 8.58. The molecule has 1 aromatic rings. The van der Waals surface area contributed by atoms with Crippen molar-refractivity contribution in [3.05, 3.63) is 76.6 Å². The normalized spacial score (nSPS) is 16.1. The minimum atomic E-state index is -1.03. The minimum Gasteiger partial charge on any atom is -0.478 e. The molecule has 1 amide bonds. The number of ether oxygens (including phenoxy) is 1. The number of nitrogens with one attached hydrogen (secondary N) is 1. The fourth-order valence-corrected chi connectivity index (χ4v) is 3.34. The summed E-state index contributed by atoms with van der Waals surface area (Å²) in [6.45, 7) is 0. The Balaban J connectivity index is 1.53. The monoisotopic (exact) mass is 369 g/mol. The van der Waals surface area contributed by atoms with E-state index in [0.29, 0.717) is 17.9 Å². The number of allylic oxidation sites excluding steroid dienone is 2. The van der Waals surface area contributed by atoms with E-state index >= 15 is 0 Å². The Morgan fingerprint density at radius 2 is 2.00 bits per heavy atom. The number of carboxylic acids is 1. The molecule has 0 saturated carbocycles. The van der Waals surface area contributed by atoms with E-state index in [1.165, 1.54) is 11.8 Å². The molecule has 1 aromatic carbocycles. The quantitative estimate of drug-likeness (QED) is 0.801. The first-order valence-electron chi connectivity index (χ1n) is 8.30. The number of aryl methyl sites for hydroxylation is 1. The molecular formula is C20H19NO4S. The molecule has 0 bridgehead atoms. The zero-order valence-corrected chi connectivity index (χ0v) is 14.9. The van der Waals surface area contributed by atoms with Crippen molar-refractivity contribution in [3.8, 4) is 0 Å². The number of carboxylic acid groups (broad SMARTS) is 1. The third-order valence-electron chi connectivity index (χ3n) is 3.99. The molecule has 2 heterocycles. The topological polar surface area (TPSA) is 75.6 Å². The van der Waals surface area contributed by atoms with Crippen molar-refractivity contribution < 1.29 is 19.4 Å². The molecule has 0 atom stereocenters. The molecule has 5 nitrogen and oxygen atoms in total. The second-order valence-electron chi connectivity index (χ2n) is 5.83. The number of aliphatic carboxylic acids is 1. The van der Waals surface area contributed by atoms with Crippen LogP contribution in [0.4, 0.5) is 0 Å². The lowest BCUT2D eigenvalue weighted by atomic mass is 10.0. The lowest BCUT2D eigenvalue weighted by molar-refractivity contribution is -0.132. The Bertz CT molecular complexity index is 819. The van der Waals surface area contributed by atoms with Gasteiger partial charge in [-0.05, 0) is 36.0 Å². The number of hydrogen-bond acceptors (Lipinski definition) is 4. The molecule has 0 spiro atoms. The van der Waals surface area contributed by atoms with Crippen LogP contribution in [0.1, 0.15) is 24.0 Å². The first-order chi connectivity index (χ1) is 12.6. The van der Waals surface area contributed by atoms with Crippen molar-refractivity contribution >= 4 is 29.4 Å². The summed E-state index contributed by atoms with van der Waals surface area (Å²) in [4.78, 5) is 23.3. The molecule has 0 fully saturated rings. The maximum absolute atomic E-state index is 12.1. The molecule has 134 valence electrons. The first-order valence-corrected chi connectivity index (χ1v) is 9.35. The molecule has 0 aliphatic carbocycles. The Morgan fingerprint density at radius 3 is 2.69 bits per heavy atom. The van der Waals surface area contributed by atoms with Crippen molar-refractivity contribution in [1.82, 2.24) is 5.32 Å². The molecular weight excluding hydrogens is 350 g/mol. The van der Waals surface area contributed by atoms with Gasteiger partial charge in [0.2, 0.25) is 5.91 Å². The number of benzene rings is 1. The Hall–Kier alpha value is -2.73. The standard InChI is InChI=1S/C20H19NO4S/c22-19(21-17-13-26-12-10-16(17)20(23)24)9-6-14-4-7-15(8-5-14)18-3-1-2-11-25-18/h2-5,7-8,10-11,13H,1,6,9,12H2,(H,21,22)(H,23,24). The third kappa shape index (κ3) is 4.67. The summed E-state index contributed by atoms with van der Waals surface area (Å²) < 4.78 is 5.47. The van der Waals surface area contributed by atoms with Crippen LogP contribution >= 0.6 is 11.8 Å². The van der Waals surface area contributed by atoms with Gasteiger partial charge in [0.1, 0.15) is 5.76 Å². The highest BCUT2D eigenvalue weighted by Gasteiger charge is 2.18. The van der Waals surface area contributed by atoms with Crippen LogP contribution in [0.25, 0.3) is 5.76 Å². The van der Waals surface area contributed by atoms with Crippen molar-refractivity contribution in [2.75, 3.05) is 5.75 Å². The zero-order valence-electron chi connectivity index (χ0n) is 14.1. The summed E-state index contributed by atoms with van der Waals surface area (Å²) in [5.74, 6) is 0.218. The number of amides is 1. The molecule has 2 aliphatic heterocycles. The van der Waals surface area contributed by atoms with E-state index in [1.807, 2.05) is 36.4 Å². The highest BCUT2D eigenvalue weighted by Crippen LogP contribution is 2.22. The summed E-state index contributed by atoms with van der Waals surface area (Å²) in [6, 6.07) is 7.90. The van der Waals surface area contributed by atoms with E-state index in [1.54, 1.807) is 17.7 Å². The Morgan fingerprint density at radius 1 is 1.19 bits per heavy atom. The molecule has 2 aliphatic rings. The lowest BCUT2D eigenvalue weighted by Crippen LogP contribution is -2.27. The summed E-state index contributed by atoms with van der Waals surface area (Å²) >= 11 is 1.46. The van der Waals surface area contributed by atoms with Crippen LogP contribution in [0.15, 0.2) is 65.4 Å². The predicted octanol–water partition coefficient (Wildman–Crippen LogP) is 3.61. The fraction of sp³-hybridized carbons (Fsp3) is 0.200. The van der Waals surface area contributed by atoms with E-state index in [9.17, 15) is 14.7 Å². The molecule has 3 rings (SSSR count). The fourth-order valence-electron chi connectivity index (χ4n) is 2.63. The Kier molecular flexibility index (Phi) is 5.96. The maximum Gasteiger partial charge on any atom is 0.337 e. The summed E-state index contributed by atoms with van der Waals surface area (Å²) in [5, 5.41) is 13.6. The molecule has 0 aromatic heterocycles. The van der Waals surface area contributed by atoms with Gasteiger partial charge in [0.05, 0.1) is 17.5 Å². The van der Waals surface area contributed by atoms with Crippen molar-refractivity contribution in [1.29, 1.82) is 0 Å². The van der Waals surface area contributed by atoms with Gasteiger partial charge in [0.15, 0.2) is 0 Å². The SMILES string of the molecule is O=C(CCc1ccc(C2=CCC=CO2)cc1)NC1=CSCC=C1C(=O)O. The maximum atomic E-state index is 12.1. The van der Waals surface area contributed by atoms with Gasteiger partial charge in [-0.15, -0.1) is 11.8 Å². The van der Waals surface area contributed by atoms with Gasteiger partial charge < -0.3 is 15.2 Å². The van der Waals surface area contributed by atoms with Gasteiger partial charge in [0.25, 0.3) is 0 Å². The highest BCUT2D eigenvalue weighted by molar-refractivity contribution is 8.02. The first kappa shape index (κ1) is 18.1. The van der Waals surface area contributed by atoms with Gasteiger partial charge in [-0.2, -0.15) is 0 Å². The van der Waals surface area contributed by atoms with Crippen LogP contribution in [0.5, 0.6) is 0 Å². The van der Waals surface area contributed by atoms with Gasteiger partial charge in [-0.25, -0.2) is 4.79 Å². The van der Waals surface area contributed by atoms with E-state index in [0.717, 1.165) is 23.3 Å². The van der Waals surface area contributed by atoms with E-state index < -0.39 is 5.97 Å². The predicted molar refractivity (Wildman–Crippen MR) is 102 cm³/mol. The Labute approximate surface area is 156 Å². The minimum absolute atomic E-state index is 0.149. The number of carbonyl (C=O) groups excluding carboxylic acids is 1. The summed E-state index contributed by atoms with van der Waals surface area (Å²) in [6.07, 6.45) is 8.99. The van der Waals surface area contributed by atoms with E-state index in [4.69, 9.17) is 4.74 Å². The molecule has 6 heteroatoms. The highest BCUT2D eigenvalue weighted by atomic mass is 32.2. The number of hydrogen-bond donors (Lipinski definition) is 2. The molecule has 0 unspecified atom stereocenters. The van der Waals surface area contributed by atoms with Crippen LogP contribution in [-0.2, 0) is 20.7 Å². The van der Waals surface area contributed by atoms with E-state index in [-0.39, 0.29) is 17.9 Å². The number of thioether (sulfide) groups is 1. The van der Waals surface area contributed by atoms with Crippen LogP contribution in [0.3, 0.4) is 0 Å².